The SMILES string of the molecule is O=C(CC1CCC1)Nc1ccc(Cl)cc1I. The molecule has 0 aromatic heterocycles. The topological polar surface area (TPSA) is 29.1 Å². The van der Waals surface area contributed by atoms with Crippen molar-refractivity contribution in [1.29, 1.82) is 0 Å². The van der Waals surface area contributed by atoms with E-state index in [9.17, 15) is 4.79 Å². The van der Waals surface area contributed by atoms with Crippen LogP contribution in [0.25, 0.3) is 0 Å². The van der Waals surface area contributed by atoms with E-state index in [0.717, 1.165) is 9.26 Å². The first-order chi connectivity index (χ1) is 7.65. The summed E-state index contributed by atoms with van der Waals surface area (Å²) in [5.41, 5.74) is 0.856. The Morgan fingerprint density at radius 3 is 2.81 bits per heavy atom. The third-order valence-corrected chi connectivity index (χ3v) is 4.03. The molecule has 0 aliphatic heterocycles. The smallest absolute Gasteiger partial charge is 0.224 e. The molecule has 1 aromatic rings. The van der Waals surface area contributed by atoms with Crippen LogP contribution in [0.15, 0.2) is 18.2 Å². The second-order valence-electron chi connectivity index (χ2n) is 4.17. The van der Waals surface area contributed by atoms with Crippen LogP contribution < -0.4 is 5.32 Å². The Kier molecular flexibility index (Phi) is 4.08. The van der Waals surface area contributed by atoms with Gasteiger partial charge in [0.2, 0.25) is 5.91 Å². The summed E-state index contributed by atoms with van der Waals surface area (Å²) in [6.45, 7) is 0. The van der Waals surface area contributed by atoms with E-state index in [0.29, 0.717) is 17.4 Å². The third kappa shape index (κ3) is 3.10. The molecule has 1 aliphatic rings. The maximum Gasteiger partial charge on any atom is 0.224 e. The number of anilines is 1. The number of benzene rings is 1. The summed E-state index contributed by atoms with van der Waals surface area (Å²) < 4.78 is 0.979. The molecule has 86 valence electrons. The van der Waals surface area contributed by atoms with Crippen molar-refractivity contribution in [2.45, 2.75) is 25.7 Å². The predicted molar refractivity (Wildman–Crippen MR) is 74.8 cm³/mol. The Balaban J connectivity index is 1.94. The molecule has 0 unspecified atom stereocenters. The van der Waals surface area contributed by atoms with Crippen molar-refractivity contribution < 1.29 is 4.79 Å². The van der Waals surface area contributed by atoms with Crippen molar-refractivity contribution in [2.24, 2.45) is 5.92 Å². The van der Waals surface area contributed by atoms with Gasteiger partial charge in [-0.05, 0) is 59.5 Å². The van der Waals surface area contributed by atoms with Crippen molar-refractivity contribution in [3.8, 4) is 0 Å². The summed E-state index contributed by atoms with van der Waals surface area (Å²) in [4.78, 5) is 11.7. The number of carbonyl (C=O) groups is 1. The molecule has 0 spiro atoms. The lowest BCUT2D eigenvalue weighted by atomic mass is 9.83. The first-order valence-electron chi connectivity index (χ1n) is 5.40. The summed E-state index contributed by atoms with van der Waals surface area (Å²) in [7, 11) is 0. The maximum absolute atomic E-state index is 11.7. The van der Waals surface area contributed by atoms with Crippen molar-refractivity contribution >= 4 is 45.8 Å². The van der Waals surface area contributed by atoms with Gasteiger partial charge in [-0.3, -0.25) is 4.79 Å². The average molecular weight is 350 g/mol. The highest BCUT2D eigenvalue weighted by molar-refractivity contribution is 14.1. The van der Waals surface area contributed by atoms with Gasteiger partial charge in [-0.25, -0.2) is 0 Å². The minimum atomic E-state index is 0.116. The minimum Gasteiger partial charge on any atom is -0.325 e. The van der Waals surface area contributed by atoms with E-state index in [1.807, 2.05) is 12.1 Å². The quantitative estimate of drug-likeness (QED) is 0.819. The molecule has 1 N–H and O–H groups in total. The number of carbonyl (C=O) groups excluding carboxylic acids is 1. The summed E-state index contributed by atoms with van der Waals surface area (Å²) in [5.74, 6) is 0.717. The highest BCUT2D eigenvalue weighted by atomic mass is 127. The molecule has 2 nitrogen and oxygen atoms in total. The standard InChI is InChI=1S/C12H13ClINO/c13-9-4-5-11(10(14)7-9)15-12(16)6-8-2-1-3-8/h4-5,7-8H,1-3,6H2,(H,15,16). The molecule has 1 aliphatic carbocycles. The molecule has 0 radical (unpaired) electrons. The molecule has 4 heteroatoms. The van der Waals surface area contributed by atoms with E-state index in [1.54, 1.807) is 6.07 Å². The molecule has 1 saturated carbocycles. The summed E-state index contributed by atoms with van der Waals surface area (Å²) in [5, 5.41) is 3.63. The van der Waals surface area contributed by atoms with Crippen LogP contribution in [0.5, 0.6) is 0 Å². The van der Waals surface area contributed by atoms with Crippen molar-refractivity contribution in [3.05, 3.63) is 26.8 Å². The second-order valence-corrected chi connectivity index (χ2v) is 5.77. The molecule has 0 heterocycles. The minimum absolute atomic E-state index is 0.116. The van der Waals surface area contributed by atoms with Gasteiger partial charge in [0.25, 0.3) is 0 Å². The molecule has 1 amide bonds. The Morgan fingerprint density at radius 1 is 1.50 bits per heavy atom. The van der Waals surface area contributed by atoms with Gasteiger partial charge >= 0.3 is 0 Å². The predicted octanol–water partition coefficient (Wildman–Crippen LogP) is 4.07. The van der Waals surface area contributed by atoms with Crippen LogP contribution in [0.3, 0.4) is 0 Å². The van der Waals surface area contributed by atoms with Crippen molar-refractivity contribution in [1.82, 2.24) is 0 Å². The van der Waals surface area contributed by atoms with Gasteiger partial charge in [-0.15, -0.1) is 0 Å². The molecule has 1 fully saturated rings. The van der Waals surface area contributed by atoms with Crippen LogP contribution in [0.1, 0.15) is 25.7 Å². The van der Waals surface area contributed by atoms with Crippen molar-refractivity contribution in [3.63, 3.8) is 0 Å². The fraction of sp³-hybridized carbons (Fsp3) is 0.417. The normalized spacial score (nSPS) is 15.6. The Morgan fingerprint density at radius 2 is 2.25 bits per heavy atom. The fourth-order valence-electron chi connectivity index (χ4n) is 1.75. The zero-order chi connectivity index (χ0) is 11.5. The molecule has 0 bridgehead atoms. The molecule has 0 saturated heterocycles. The van der Waals surface area contributed by atoms with Crippen LogP contribution >= 0.6 is 34.2 Å². The number of halogens is 2. The van der Waals surface area contributed by atoms with E-state index in [-0.39, 0.29) is 5.91 Å². The van der Waals surface area contributed by atoms with Gasteiger partial charge in [0, 0.05) is 15.0 Å². The van der Waals surface area contributed by atoms with Gasteiger partial charge in [0.05, 0.1) is 5.69 Å². The highest BCUT2D eigenvalue weighted by Gasteiger charge is 2.20. The number of nitrogens with one attached hydrogen (secondary N) is 1. The zero-order valence-electron chi connectivity index (χ0n) is 8.80. The lowest BCUT2D eigenvalue weighted by Crippen LogP contribution is -2.21. The van der Waals surface area contributed by atoms with Crippen LogP contribution in [-0.4, -0.2) is 5.91 Å². The molecular formula is C12H13ClINO. The van der Waals surface area contributed by atoms with Gasteiger partial charge in [-0.1, -0.05) is 18.0 Å². The highest BCUT2D eigenvalue weighted by Crippen LogP contribution is 2.30. The Bertz CT molecular complexity index is 404. The number of rotatable bonds is 3. The van der Waals surface area contributed by atoms with Crippen LogP contribution in [0, 0.1) is 9.49 Å². The zero-order valence-corrected chi connectivity index (χ0v) is 11.7. The van der Waals surface area contributed by atoms with E-state index < -0.39 is 0 Å². The Hall–Kier alpha value is -0.290. The first kappa shape index (κ1) is 12.2. The van der Waals surface area contributed by atoms with E-state index in [1.165, 1.54) is 19.3 Å². The van der Waals surface area contributed by atoms with Gasteiger partial charge < -0.3 is 5.32 Å². The molecule has 0 atom stereocenters. The van der Waals surface area contributed by atoms with E-state index >= 15 is 0 Å². The van der Waals surface area contributed by atoms with Gasteiger partial charge in [0.1, 0.15) is 0 Å². The van der Waals surface area contributed by atoms with Crippen LogP contribution in [0.4, 0.5) is 5.69 Å². The first-order valence-corrected chi connectivity index (χ1v) is 6.86. The summed E-state index contributed by atoms with van der Waals surface area (Å²) >= 11 is 8.03. The van der Waals surface area contributed by atoms with E-state index in [4.69, 9.17) is 11.6 Å². The summed E-state index contributed by atoms with van der Waals surface area (Å²) in [6, 6.07) is 5.49. The van der Waals surface area contributed by atoms with E-state index in [2.05, 4.69) is 27.9 Å². The fourth-order valence-corrected chi connectivity index (χ4v) is 2.76. The summed E-state index contributed by atoms with van der Waals surface area (Å²) in [6.07, 6.45) is 4.32. The number of hydrogen-bond donors (Lipinski definition) is 1. The van der Waals surface area contributed by atoms with Gasteiger partial charge in [0.15, 0.2) is 0 Å². The average Bonchev–Trinajstić information content (AvgIpc) is 2.16. The number of amides is 1. The Labute approximate surface area is 114 Å². The van der Waals surface area contributed by atoms with Crippen molar-refractivity contribution in [2.75, 3.05) is 5.32 Å². The third-order valence-electron chi connectivity index (χ3n) is 2.90. The molecule has 16 heavy (non-hydrogen) atoms. The molecule has 2 rings (SSSR count). The second kappa shape index (κ2) is 5.36. The van der Waals surface area contributed by atoms with Crippen LogP contribution in [-0.2, 0) is 4.79 Å². The maximum atomic E-state index is 11.7. The molecular weight excluding hydrogens is 336 g/mol. The number of hydrogen-bond acceptors (Lipinski definition) is 1. The lowest BCUT2D eigenvalue weighted by Gasteiger charge is -2.24. The lowest BCUT2D eigenvalue weighted by molar-refractivity contribution is -0.117. The molecule has 1 aromatic carbocycles. The van der Waals surface area contributed by atoms with Crippen LogP contribution in [0.2, 0.25) is 5.02 Å². The monoisotopic (exact) mass is 349 g/mol. The largest absolute Gasteiger partial charge is 0.325 e. The van der Waals surface area contributed by atoms with Gasteiger partial charge in [-0.2, -0.15) is 0 Å².